The third-order valence-corrected chi connectivity index (χ3v) is 6.90. The Kier molecular flexibility index (Phi) is 6.93. The van der Waals surface area contributed by atoms with Crippen molar-refractivity contribution in [2.75, 3.05) is 43.9 Å². The van der Waals surface area contributed by atoms with Gasteiger partial charge in [0.25, 0.3) is 5.56 Å². The largest absolute Gasteiger partial charge is 0.379 e. The molecule has 1 aliphatic heterocycles. The Labute approximate surface area is 191 Å². The molecule has 2 N–H and O–H groups in total. The molecule has 168 valence electrons. The number of anilines is 1. The van der Waals surface area contributed by atoms with E-state index in [4.69, 9.17) is 4.74 Å². The van der Waals surface area contributed by atoms with Crippen LogP contribution in [0.4, 0.5) is 5.69 Å². The molecule has 0 bridgehead atoms. The van der Waals surface area contributed by atoms with E-state index >= 15 is 0 Å². The lowest BCUT2D eigenvalue weighted by molar-refractivity contribution is -0.117. The molecule has 7 nitrogen and oxygen atoms in total. The van der Waals surface area contributed by atoms with Crippen LogP contribution in [0.25, 0.3) is 22.0 Å². The monoisotopic (exact) mass is 452 g/mol. The second-order valence-corrected chi connectivity index (χ2v) is 10.0. The predicted molar refractivity (Wildman–Crippen MR) is 130 cm³/mol. The van der Waals surface area contributed by atoms with Crippen molar-refractivity contribution in [1.82, 2.24) is 15.1 Å². The fourth-order valence-corrected chi connectivity index (χ4v) is 4.72. The minimum Gasteiger partial charge on any atom is -0.379 e. The zero-order chi connectivity index (χ0) is 22.6. The van der Waals surface area contributed by atoms with E-state index in [1.54, 1.807) is 17.8 Å². The van der Waals surface area contributed by atoms with Gasteiger partial charge in [-0.15, -0.1) is 11.8 Å². The quantitative estimate of drug-likeness (QED) is 0.572. The van der Waals surface area contributed by atoms with Gasteiger partial charge in [0.2, 0.25) is 5.91 Å². The minimum atomic E-state index is -0.564. The van der Waals surface area contributed by atoms with E-state index < -0.39 is 4.75 Å². The van der Waals surface area contributed by atoms with Gasteiger partial charge in [0.05, 0.1) is 29.0 Å². The summed E-state index contributed by atoms with van der Waals surface area (Å²) in [7, 11) is 0. The Morgan fingerprint density at radius 2 is 1.91 bits per heavy atom. The van der Waals surface area contributed by atoms with Gasteiger partial charge in [0.15, 0.2) is 0 Å². The first-order valence-corrected chi connectivity index (χ1v) is 11.8. The van der Waals surface area contributed by atoms with Crippen LogP contribution in [0, 0.1) is 0 Å². The number of morpholine rings is 1. The van der Waals surface area contributed by atoms with Crippen molar-refractivity contribution < 1.29 is 9.53 Å². The number of nitrogens with zero attached hydrogens (tertiary/aromatic N) is 2. The number of H-pyrrole nitrogens is 1. The smallest absolute Gasteiger partial charge is 0.272 e. The van der Waals surface area contributed by atoms with E-state index in [-0.39, 0.29) is 11.5 Å². The van der Waals surface area contributed by atoms with Crippen LogP contribution < -0.4 is 10.9 Å². The maximum absolute atomic E-state index is 13.0. The van der Waals surface area contributed by atoms with Gasteiger partial charge in [0.1, 0.15) is 0 Å². The maximum atomic E-state index is 13.0. The molecule has 1 aromatic heterocycles. The molecule has 1 aliphatic rings. The zero-order valence-electron chi connectivity index (χ0n) is 18.4. The summed E-state index contributed by atoms with van der Waals surface area (Å²) in [5.41, 5.74) is 1.99. The number of fused-ring (bicyclic) bond motifs is 1. The predicted octanol–water partition coefficient (Wildman–Crippen LogP) is 3.37. The standard InChI is InChI=1S/C24H28N4O3S/c1-24(2,32-15-12-28-10-13-31-14-11-28)23(30)25-18-7-5-6-17(16-18)21-19-8-3-4-9-20(19)22(29)27-26-21/h3-9,16H,10-15H2,1-2H3,(H,25,30)(H,27,29). The van der Waals surface area contributed by atoms with E-state index in [0.29, 0.717) is 16.8 Å². The van der Waals surface area contributed by atoms with Gasteiger partial charge in [-0.2, -0.15) is 5.10 Å². The summed E-state index contributed by atoms with van der Waals surface area (Å²) in [5.74, 6) is 0.842. The van der Waals surface area contributed by atoms with Crippen molar-refractivity contribution in [2.24, 2.45) is 0 Å². The van der Waals surface area contributed by atoms with Crippen molar-refractivity contribution in [2.45, 2.75) is 18.6 Å². The number of hydrogen-bond donors (Lipinski definition) is 2. The number of hydrogen-bond acceptors (Lipinski definition) is 6. The molecule has 0 spiro atoms. The Balaban J connectivity index is 1.45. The Morgan fingerprint density at radius 1 is 1.16 bits per heavy atom. The van der Waals surface area contributed by atoms with Crippen LogP contribution in [-0.4, -0.2) is 64.4 Å². The second-order valence-electron chi connectivity index (χ2n) is 8.29. The summed E-state index contributed by atoms with van der Waals surface area (Å²) >= 11 is 1.66. The topological polar surface area (TPSA) is 87.3 Å². The molecule has 4 rings (SSSR count). The highest BCUT2D eigenvalue weighted by molar-refractivity contribution is 8.01. The lowest BCUT2D eigenvalue weighted by atomic mass is 10.0. The van der Waals surface area contributed by atoms with Crippen LogP contribution in [0.15, 0.2) is 53.3 Å². The molecule has 1 saturated heterocycles. The van der Waals surface area contributed by atoms with Crippen molar-refractivity contribution >= 4 is 34.1 Å². The summed E-state index contributed by atoms with van der Waals surface area (Å²) < 4.78 is 4.82. The molecule has 3 aromatic rings. The SMILES string of the molecule is CC(C)(SCCN1CCOCC1)C(=O)Nc1cccc(-c2n[nH]c(=O)c3ccccc23)c1. The van der Waals surface area contributed by atoms with Crippen molar-refractivity contribution in [3.05, 3.63) is 58.9 Å². The van der Waals surface area contributed by atoms with Crippen LogP contribution in [0.1, 0.15) is 13.8 Å². The van der Waals surface area contributed by atoms with E-state index in [2.05, 4.69) is 20.4 Å². The summed E-state index contributed by atoms with van der Waals surface area (Å²) in [6.07, 6.45) is 0. The average molecular weight is 453 g/mol. The lowest BCUT2D eigenvalue weighted by Gasteiger charge is -2.28. The number of aromatic nitrogens is 2. The molecule has 0 atom stereocenters. The van der Waals surface area contributed by atoms with Gasteiger partial charge in [-0.3, -0.25) is 14.5 Å². The molecule has 0 radical (unpaired) electrons. The number of aromatic amines is 1. The molecule has 2 heterocycles. The van der Waals surface area contributed by atoms with Crippen LogP contribution >= 0.6 is 11.8 Å². The summed E-state index contributed by atoms with van der Waals surface area (Å²) in [4.78, 5) is 27.4. The molecule has 8 heteroatoms. The number of carbonyl (C=O) groups is 1. The normalized spacial score (nSPS) is 15.1. The third-order valence-electron chi connectivity index (χ3n) is 5.61. The van der Waals surface area contributed by atoms with E-state index in [9.17, 15) is 9.59 Å². The van der Waals surface area contributed by atoms with Gasteiger partial charge in [-0.1, -0.05) is 30.3 Å². The number of rotatable bonds is 7. The lowest BCUT2D eigenvalue weighted by Crippen LogP contribution is -2.39. The van der Waals surface area contributed by atoms with Crippen molar-refractivity contribution in [1.29, 1.82) is 0 Å². The first kappa shape index (κ1) is 22.5. The highest BCUT2D eigenvalue weighted by Gasteiger charge is 2.28. The maximum Gasteiger partial charge on any atom is 0.272 e. The fourth-order valence-electron chi connectivity index (χ4n) is 3.68. The van der Waals surface area contributed by atoms with Crippen molar-refractivity contribution in [3.8, 4) is 11.3 Å². The molecule has 0 saturated carbocycles. The minimum absolute atomic E-state index is 0.0408. The highest BCUT2D eigenvalue weighted by atomic mass is 32.2. The first-order valence-electron chi connectivity index (χ1n) is 10.8. The molecule has 1 fully saturated rings. The molecule has 32 heavy (non-hydrogen) atoms. The Morgan fingerprint density at radius 3 is 2.69 bits per heavy atom. The number of thioether (sulfide) groups is 1. The molecular weight excluding hydrogens is 424 g/mol. The number of amides is 1. The second kappa shape index (κ2) is 9.85. The van der Waals surface area contributed by atoms with Gasteiger partial charge in [-0.05, 0) is 32.0 Å². The summed E-state index contributed by atoms with van der Waals surface area (Å²) in [5, 5.41) is 11.2. The van der Waals surface area contributed by atoms with Crippen LogP contribution in [0.5, 0.6) is 0 Å². The number of benzene rings is 2. The number of nitrogens with one attached hydrogen (secondary N) is 2. The van der Waals surface area contributed by atoms with Gasteiger partial charge >= 0.3 is 0 Å². The number of ether oxygens (including phenoxy) is 1. The molecule has 2 aromatic carbocycles. The summed E-state index contributed by atoms with van der Waals surface area (Å²) in [6, 6.07) is 14.9. The zero-order valence-corrected chi connectivity index (χ0v) is 19.2. The van der Waals surface area contributed by atoms with E-state index in [1.165, 1.54) is 0 Å². The third kappa shape index (κ3) is 5.20. The number of carbonyl (C=O) groups excluding carboxylic acids is 1. The van der Waals surface area contributed by atoms with Crippen LogP contribution in [-0.2, 0) is 9.53 Å². The first-order chi connectivity index (χ1) is 15.4. The van der Waals surface area contributed by atoms with E-state index in [1.807, 2.05) is 56.3 Å². The Bertz CT molecular complexity index is 1160. The molecular formula is C24H28N4O3S. The van der Waals surface area contributed by atoms with Crippen molar-refractivity contribution in [3.63, 3.8) is 0 Å². The van der Waals surface area contributed by atoms with Gasteiger partial charge in [0, 0.05) is 42.0 Å². The van der Waals surface area contributed by atoms with Crippen LogP contribution in [0.2, 0.25) is 0 Å². The Hall–Kier alpha value is -2.68. The highest BCUT2D eigenvalue weighted by Crippen LogP contribution is 2.29. The van der Waals surface area contributed by atoms with Gasteiger partial charge in [-0.25, -0.2) is 5.10 Å². The molecule has 1 amide bonds. The van der Waals surface area contributed by atoms with Crippen LogP contribution in [0.3, 0.4) is 0 Å². The molecule has 0 unspecified atom stereocenters. The molecule has 0 aliphatic carbocycles. The van der Waals surface area contributed by atoms with E-state index in [0.717, 1.165) is 49.6 Å². The fraction of sp³-hybridized carbons (Fsp3) is 0.375. The average Bonchev–Trinajstić information content (AvgIpc) is 2.80. The summed E-state index contributed by atoms with van der Waals surface area (Å²) in [6.45, 7) is 8.32. The van der Waals surface area contributed by atoms with Gasteiger partial charge < -0.3 is 10.1 Å².